The minimum absolute atomic E-state index is 0.0319. The number of nitrogens with two attached hydrogens (primary N) is 1. The average molecular weight is 409 g/mol. The van der Waals surface area contributed by atoms with Crippen LogP contribution in [0.5, 0.6) is 0 Å². The maximum atomic E-state index is 12.1. The van der Waals surface area contributed by atoms with Gasteiger partial charge in [-0.1, -0.05) is 74.5 Å². The van der Waals surface area contributed by atoms with Crippen molar-refractivity contribution >= 4 is 5.91 Å². The fraction of sp³-hybridized carbons (Fsp3) is 0.480. The lowest BCUT2D eigenvalue weighted by Crippen LogP contribution is -2.50. The van der Waals surface area contributed by atoms with E-state index in [1.807, 2.05) is 0 Å². The number of nitrogens with zero attached hydrogens (tertiary/aromatic N) is 2. The van der Waals surface area contributed by atoms with Crippen LogP contribution >= 0.6 is 0 Å². The molecule has 0 bridgehead atoms. The molecule has 1 amide bonds. The smallest absolute Gasteiger partial charge is 0.236 e. The number of carbonyl (C=O) groups excluding carboxylic acids is 1. The Morgan fingerprint density at radius 1 is 0.933 bits per heavy atom. The van der Waals surface area contributed by atoms with E-state index in [1.54, 1.807) is 0 Å². The summed E-state index contributed by atoms with van der Waals surface area (Å²) < 4.78 is 0. The van der Waals surface area contributed by atoms with Crippen molar-refractivity contribution in [1.82, 2.24) is 15.1 Å². The molecule has 1 heterocycles. The van der Waals surface area contributed by atoms with Crippen LogP contribution < -0.4 is 11.1 Å². The van der Waals surface area contributed by atoms with Crippen molar-refractivity contribution in [1.29, 1.82) is 0 Å². The number of carbonyl (C=O) groups is 1. The average Bonchev–Trinajstić information content (AvgIpc) is 2.76. The Morgan fingerprint density at radius 3 is 1.97 bits per heavy atom. The molecule has 0 unspecified atom stereocenters. The van der Waals surface area contributed by atoms with E-state index in [2.05, 4.69) is 89.6 Å². The topological polar surface area (TPSA) is 61.6 Å². The summed E-state index contributed by atoms with van der Waals surface area (Å²) in [6, 6.07) is 21.4. The number of rotatable bonds is 9. The second kappa shape index (κ2) is 11.3. The SMILES string of the molecule is CC(C)C[C@H](N)C(=O)NCCN1CCN(C(c2ccccc2)c2ccccc2)CC1. The van der Waals surface area contributed by atoms with E-state index in [0.717, 1.165) is 39.1 Å². The quantitative estimate of drug-likeness (QED) is 0.670. The van der Waals surface area contributed by atoms with Gasteiger partial charge < -0.3 is 11.1 Å². The van der Waals surface area contributed by atoms with E-state index in [-0.39, 0.29) is 11.9 Å². The van der Waals surface area contributed by atoms with E-state index >= 15 is 0 Å². The van der Waals surface area contributed by atoms with E-state index < -0.39 is 6.04 Å². The minimum atomic E-state index is -0.403. The summed E-state index contributed by atoms with van der Waals surface area (Å²) >= 11 is 0. The second-order valence-corrected chi connectivity index (χ2v) is 8.63. The van der Waals surface area contributed by atoms with Gasteiger partial charge in [0, 0.05) is 39.3 Å². The molecule has 0 radical (unpaired) electrons. The highest BCUT2D eigenvalue weighted by atomic mass is 16.2. The van der Waals surface area contributed by atoms with E-state index in [9.17, 15) is 4.79 Å². The zero-order chi connectivity index (χ0) is 21.3. The summed E-state index contributed by atoms with van der Waals surface area (Å²) in [4.78, 5) is 17.1. The first-order chi connectivity index (χ1) is 14.5. The van der Waals surface area contributed by atoms with Gasteiger partial charge in [-0.2, -0.15) is 0 Å². The highest BCUT2D eigenvalue weighted by molar-refractivity contribution is 5.81. The van der Waals surface area contributed by atoms with Crippen LogP contribution in [-0.4, -0.2) is 61.0 Å². The molecule has 1 atom stereocenters. The number of nitrogens with one attached hydrogen (secondary N) is 1. The Kier molecular flexibility index (Phi) is 8.43. The van der Waals surface area contributed by atoms with E-state index in [1.165, 1.54) is 11.1 Å². The lowest BCUT2D eigenvalue weighted by atomic mass is 9.96. The van der Waals surface area contributed by atoms with Gasteiger partial charge in [-0.15, -0.1) is 0 Å². The van der Waals surface area contributed by atoms with Crippen molar-refractivity contribution < 1.29 is 4.79 Å². The minimum Gasteiger partial charge on any atom is -0.353 e. The molecule has 5 nitrogen and oxygen atoms in total. The molecular formula is C25H36N4O. The molecule has 0 aromatic heterocycles. The van der Waals surface area contributed by atoms with Gasteiger partial charge in [0.1, 0.15) is 0 Å². The molecule has 1 saturated heterocycles. The maximum Gasteiger partial charge on any atom is 0.236 e. The molecule has 2 aromatic carbocycles. The summed E-state index contributed by atoms with van der Waals surface area (Å²) in [5.74, 6) is 0.400. The molecule has 1 aliphatic heterocycles. The number of hydrogen-bond donors (Lipinski definition) is 2. The highest BCUT2D eigenvalue weighted by Crippen LogP contribution is 2.29. The van der Waals surface area contributed by atoms with Gasteiger partial charge in [-0.05, 0) is 23.5 Å². The van der Waals surface area contributed by atoms with Crippen molar-refractivity contribution in [3.8, 4) is 0 Å². The fourth-order valence-electron chi connectivity index (χ4n) is 4.21. The van der Waals surface area contributed by atoms with Gasteiger partial charge in [-0.3, -0.25) is 14.6 Å². The van der Waals surface area contributed by atoms with Crippen LogP contribution in [0.2, 0.25) is 0 Å². The van der Waals surface area contributed by atoms with Crippen molar-refractivity contribution in [2.45, 2.75) is 32.4 Å². The summed E-state index contributed by atoms with van der Waals surface area (Å²) in [6.07, 6.45) is 0.727. The molecule has 1 aliphatic rings. The molecule has 0 saturated carbocycles. The number of hydrogen-bond acceptors (Lipinski definition) is 4. The predicted octanol–water partition coefficient (Wildman–Crippen LogP) is 2.88. The molecule has 5 heteroatoms. The van der Waals surface area contributed by atoms with Crippen molar-refractivity contribution in [2.24, 2.45) is 11.7 Å². The van der Waals surface area contributed by atoms with Crippen LogP contribution in [0.1, 0.15) is 37.4 Å². The Balaban J connectivity index is 1.51. The Bertz CT molecular complexity index is 718. The van der Waals surface area contributed by atoms with Crippen LogP contribution in [0.4, 0.5) is 0 Å². The first-order valence-electron chi connectivity index (χ1n) is 11.1. The third-order valence-corrected chi connectivity index (χ3v) is 5.79. The standard InChI is InChI=1S/C25H36N4O/c1-20(2)19-23(26)25(30)27-13-14-28-15-17-29(18-16-28)24(21-9-5-3-6-10-21)22-11-7-4-8-12-22/h3-12,20,23-24H,13-19,26H2,1-2H3,(H,27,30)/t23-/m0/s1. The van der Waals surface area contributed by atoms with Crippen molar-refractivity contribution in [2.75, 3.05) is 39.3 Å². The molecular weight excluding hydrogens is 372 g/mol. The van der Waals surface area contributed by atoms with Gasteiger partial charge in [0.2, 0.25) is 5.91 Å². The normalized spacial score (nSPS) is 16.7. The van der Waals surface area contributed by atoms with Gasteiger partial charge in [0.15, 0.2) is 0 Å². The van der Waals surface area contributed by atoms with Crippen LogP contribution in [-0.2, 0) is 4.79 Å². The lowest BCUT2D eigenvalue weighted by Gasteiger charge is -2.39. The Hall–Kier alpha value is -2.21. The third-order valence-electron chi connectivity index (χ3n) is 5.79. The third kappa shape index (κ3) is 6.39. The predicted molar refractivity (Wildman–Crippen MR) is 123 cm³/mol. The summed E-state index contributed by atoms with van der Waals surface area (Å²) in [7, 11) is 0. The fourth-order valence-corrected chi connectivity index (χ4v) is 4.21. The summed E-state index contributed by atoms with van der Waals surface area (Å²) in [5, 5.41) is 3.00. The molecule has 3 rings (SSSR count). The molecule has 0 aliphatic carbocycles. The molecule has 162 valence electrons. The first-order valence-corrected chi connectivity index (χ1v) is 11.1. The van der Waals surface area contributed by atoms with Crippen LogP contribution in [0, 0.1) is 5.92 Å². The number of amides is 1. The summed E-state index contributed by atoms with van der Waals surface area (Å²) in [5.41, 5.74) is 8.64. The van der Waals surface area contributed by atoms with Crippen molar-refractivity contribution in [3.63, 3.8) is 0 Å². The first kappa shape index (κ1) is 22.5. The second-order valence-electron chi connectivity index (χ2n) is 8.63. The number of benzene rings is 2. The van der Waals surface area contributed by atoms with Crippen LogP contribution in [0.25, 0.3) is 0 Å². The van der Waals surface area contributed by atoms with Gasteiger partial charge >= 0.3 is 0 Å². The zero-order valence-electron chi connectivity index (χ0n) is 18.3. The molecule has 2 aromatic rings. The van der Waals surface area contributed by atoms with Crippen LogP contribution in [0.3, 0.4) is 0 Å². The molecule has 1 fully saturated rings. The largest absolute Gasteiger partial charge is 0.353 e. The Labute approximate surface area is 181 Å². The van der Waals surface area contributed by atoms with Gasteiger partial charge in [0.25, 0.3) is 0 Å². The van der Waals surface area contributed by atoms with Crippen molar-refractivity contribution in [3.05, 3.63) is 71.8 Å². The van der Waals surface area contributed by atoms with E-state index in [0.29, 0.717) is 12.5 Å². The molecule has 0 spiro atoms. The highest BCUT2D eigenvalue weighted by Gasteiger charge is 2.26. The van der Waals surface area contributed by atoms with Gasteiger partial charge in [-0.25, -0.2) is 0 Å². The number of piperazine rings is 1. The van der Waals surface area contributed by atoms with Gasteiger partial charge in [0.05, 0.1) is 12.1 Å². The maximum absolute atomic E-state index is 12.1. The zero-order valence-corrected chi connectivity index (χ0v) is 18.3. The molecule has 3 N–H and O–H groups in total. The molecule has 30 heavy (non-hydrogen) atoms. The monoisotopic (exact) mass is 408 g/mol. The lowest BCUT2D eigenvalue weighted by molar-refractivity contribution is -0.122. The summed E-state index contributed by atoms with van der Waals surface area (Å²) in [6.45, 7) is 9.73. The van der Waals surface area contributed by atoms with E-state index in [4.69, 9.17) is 5.73 Å². The van der Waals surface area contributed by atoms with Crippen LogP contribution in [0.15, 0.2) is 60.7 Å². The Morgan fingerprint density at radius 2 is 1.47 bits per heavy atom.